The number of allylic oxidation sites excluding steroid dienone is 4. The molecule has 0 fully saturated rings. The van der Waals surface area contributed by atoms with Crippen LogP contribution in [0.4, 0.5) is 0 Å². The molecule has 0 N–H and O–H groups in total. The van der Waals surface area contributed by atoms with Crippen LogP contribution in [-0.4, -0.2) is 23.9 Å². The second kappa shape index (κ2) is 10.5. The van der Waals surface area contributed by atoms with Gasteiger partial charge in [-0.3, -0.25) is 4.79 Å². The van der Waals surface area contributed by atoms with Gasteiger partial charge in [0.25, 0.3) is 0 Å². The molecule has 0 aromatic carbocycles. The van der Waals surface area contributed by atoms with Gasteiger partial charge in [0.2, 0.25) is 5.91 Å². The summed E-state index contributed by atoms with van der Waals surface area (Å²) in [4.78, 5) is 13.9. The van der Waals surface area contributed by atoms with Gasteiger partial charge in [-0.15, -0.1) is 0 Å². The first kappa shape index (κ1) is 18.7. The monoisotopic (exact) mass is 277 g/mol. The first-order valence-corrected chi connectivity index (χ1v) is 7.57. The van der Waals surface area contributed by atoms with Gasteiger partial charge in [-0.1, -0.05) is 43.2 Å². The van der Waals surface area contributed by atoms with Gasteiger partial charge in [0.1, 0.15) is 0 Å². The van der Waals surface area contributed by atoms with E-state index in [0.29, 0.717) is 12.5 Å². The van der Waals surface area contributed by atoms with Crippen LogP contribution in [0.2, 0.25) is 0 Å². The Kier molecular flexibility index (Phi) is 9.79. The average Bonchev–Trinajstić information content (AvgIpc) is 2.33. The molecule has 0 atom stereocenters. The van der Waals surface area contributed by atoms with E-state index in [1.807, 2.05) is 11.8 Å². The van der Waals surface area contributed by atoms with Crippen molar-refractivity contribution in [3.05, 3.63) is 35.5 Å². The van der Waals surface area contributed by atoms with E-state index in [1.165, 1.54) is 11.1 Å². The van der Waals surface area contributed by atoms with Crippen LogP contribution >= 0.6 is 0 Å². The maximum Gasteiger partial charge on any atom is 0.246 e. The Balaban J connectivity index is 4.49. The van der Waals surface area contributed by atoms with E-state index in [-0.39, 0.29) is 5.91 Å². The lowest BCUT2D eigenvalue weighted by Crippen LogP contribution is -2.33. The molecule has 0 aromatic rings. The van der Waals surface area contributed by atoms with Crippen molar-refractivity contribution < 1.29 is 4.79 Å². The van der Waals surface area contributed by atoms with E-state index < -0.39 is 0 Å². The highest BCUT2D eigenvalue weighted by molar-refractivity contribution is 5.87. The normalized spacial score (nSPS) is 12.1. The van der Waals surface area contributed by atoms with Crippen LogP contribution in [0.1, 0.15) is 54.4 Å². The molecule has 0 aliphatic heterocycles. The molecule has 0 unspecified atom stereocenters. The SMILES string of the molecule is CC=CC(=O)N(CC=C(C)CCC=C(C)C)CC(C)C. The van der Waals surface area contributed by atoms with Crippen LogP contribution in [0.5, 0.6) is 0 Å². The number of carbonyl (C=O) groups is 1. The van der Waals surface area contributed by atoms with E-state index in [2.05, 4.69) is 46.8 Å². The summed E-state index contributed by atoms with van der Waals surface area (Å²) in [6, 6.07) is 0. The molecule has 0 spiro atoms. The quantitative estimate of drug-likeness (QED) is 0.463. The molecule has 2 nitrogen and oxygen atoms in total. The first-order valence-electron chi connectivity index (χ1n) is 7.57. The molecule has 0 aliphatic rings. The van der Waals surface area contributed by atoms with Gasteiger partial charge in [-0.2, -0.15) is 0 Å². The zero-order valence-electron chi connectivity index (χ0n) is 14.1. The average molecular weight is 277 g/mol. The molecule has 114 valence electrons. The summed E-state index contributed by atoms with van der Waals surface area (Å²) >= 11 is 0. The maximum atomic E-state index is 12.0. The Bertz CT molecular complexity index is 371. The summed E-state index contributed by atoms with van der Waals surface area (Å²) in [5.74, 6) is 0.595. The van der Waals surface area contributed by atoms with Crippen LogP contribution in [0, 0.1) is 5.92 Å². The van der Waals surface area contributed by atoms with E-state index in [0.717, 1.165) is 19.4 Å². The molecule has 2 heteroatoms. The minimum Gasteiger partial charge on any atom is -0.335 e. The second-order valence-corrected chi connectivity index (χ2v) is 6.01. The topological polar surface area (TPSA) is 20.3 Å². The third-order valence-corrected chi connectivity index (χ3v) is 2.96. The molecule has 20 heavy (non-hydrogen) atoms. The number of amides is 1. The number of carbonyl (C=O) groups excluding carboxylic acids is 1. The Morgan fingerprint density at radius 2 is 1.80 bits per heavy atom. The van der Waals surface area contributed by atoms with Gasteiger partial charge in [0, 0.05) is 13.1 Å². The molecule has 0 heterocycles. The minimum absolute atomic E-state index is 0.106. The lowest BCUT2D eigenvalue weighted by Gasteiger charge is -2.22. The second-order valence-electron chi connectivity index (χ2n) is 6.01. The lowest BCUT2D eigenvalue weighted by molar-refractivity contribution is -0.126. The third kappa shape index (κ3) is 9.60. The Hall–Kier alpha value is -1.31. The smallest absolute Gasteiger partial charge is 0.246 e. The predicted molar refractivity (Wildman–Crippen MR) is 88.7 cm³/mol. The summed E-state index contributed by atoms with van der Waals surface area (Å²) in [5, 5.41) is 0. The van der Waals surface area contributed by atoms with Crippen molar-refractivity contribution >= 4 is 5.91 Å². The van der Waals surface area contributed by atoms with E-state index in [4.69, 9.17) is 0 Å². The van der Waals surface area contributed by atoms with E-state index >= 15 is 0 Å². The molecule has 0 radical (unpaired) electrons. The van der Waals surface area contributed by atoms with Crippen molar-refractivity contribution in [1.29, 1.82) is 0 Å². The Morgan fingerprint density at radius 3 is 2.30 bits per heavy atom. The fourth-order valence-electron chi connectivity index (χ4n) is 1.90. The van der Waals surface area contributed by atoms with Crippen molar-refractivity contribution in [2.75, 3.05) is 13.1 Å². The van der Waals surface area contributed by atoms with Crippen LogP contribution < -0.4 is 0 Å². The molecule has 0 saturated carbocycles. The van der Waals surface area contributed by atoms with Crippen LogP contribution in [0.3, 0.4) is 0 Å². The number of rotatable bonds is 8. The van der Waals surface area contributed by atoms with Crippen molar-refractivity contribution in [1.82, 2.24) is 4.90 Å². The highest BCUT2D eigenvalue weighted by Crippen LogP contribution is 2.08. The van der Waals surface area contributed by atoms with Crippen LogP contribution in [-0.2, 0) is 4.79 Å². The molecule has 0 aromatic heterocycles. The molecular weight excluding hydrogens is 246 g/mol. The Morgan fingerprint density at radius 1 is 1.15 bits per heavy atom. The molecule has 0 rings (SSSR count). The minimum atomic E-state index is 0.106. The summed E-state index contributed by atoms with van der Waals surface area (Å²) in [7, 11) is 0. The summed E-state index contributed by atoms with van der Waals surface area (Å²) < 4.78 is 0. The van der Waals surface area contributed by atoms with E-state index in [1.54, 1.807) is 12.2 Å². The van der Waals surface area contributed by atoms with Gasteiger partial charge in [0.15, 0.2) is 0 Å². The molecule has 0 aliphatic carbocycles. The van der Waals surface area contributed by atoms with Crippen LogP contribution in [0.15, 0.2) is 35.5 Å². The highest BCUT2D eigenvalue weighted by atomic mass is 16.2. The van der Waals surface area contributed by atoms with Crippen molar-refractivity contribution in [3.63, 3.8) is 0 Å². The van der Waals surface area contributed by atoms with Gasteiger partial charge in [-0.25, -0.2) is 0 Å². The molecule has 0 saturated heterocycles. The van der Waals surface area contributed by atoms with Crippen LogP contribution in [0.25, 0.3) is 0 Å². The van der Waals surface area contributed by atoms with Gasteiger partial charge in [-0.05, 0) is 52.5 Å². The van der Waals surface area contributed by atoms with Gasteiger partial charge < -0.3 is 4.90 Å². The zero-order chi connectivity index (χ0) is 15.5. The summed E-state index contributed by atoms with van der Waals surface area (Å²) in [6.45, 7) is 14.1. The van der Waals surface area contributed by atoms with Crippen molar-refractivity contribution in [2.24, 2.45) is 5.92 Å². The van der Waals surface area contributed by atoms with Gasteiger partial charge >= 0.3 is 0 Å². The molecular formula is C18H31NO. The maximum absolute atomic E-state index is 12.0. The van der Waals surface area contributed by atoms with Gasteiger partial charge in [0.05, 0.1) is 0 Å². The Labute approximate surface area is 125 Å². The summed E-state index contributed by atoms with van der Waals surface area (Å²) in [6.07, 6.45) is 10.0. The highest BCUT2D eigenvalue weighted by Gasteiger charge is 2.10. The lowest BCUT2D eigenvalue weighted by atomic mass is 10.1. The number of hydrogen-bond donors (Lipinski definition) is 0. The first-order chi connectivity index (χ1) is 9.36. The standard InChI is InChI=1S/C18H31NO/c1-7-9-18(20)19(14-16(4)5)13-12-17(6)11-8-10-15(2)3/h7,9-10,12,16H,8,11,13-14H2,1-6H3. The fourth-order valence-corrected chi connectivity index (χ4v) is 1.90. The fraction of sp³-hybridized carbons (Fsp3) is 0.611. The summed E-state index contributed by atoms with van der Waals surface area (Å²) in [5.41, 5.74) is 2.71. The van der Waals surface area contributed by atoms with Crippen molar-refractivity contribution in [3.8, 4) is 0 Å². The zero-order valence-corrected chi connectivity index (χ0v) is 14.1. The molecule has 0 bridgehead atoms. The predicted octanol–water partition coefficient (Wildman–Crippen LogP) is 4.74. The third-order valence-electron chi connectivity index (χ3n) is 2.96. The van der Waals surface area contributed by atoms with Crippen molar-refractivity contribution in [2.45, 2.75) is 54.4 Å². The largest absolute Gasteiger partial charge is 0.335 e. The number of hydrogen-bond acceptors (Lipinski definition) is 1. The number of nitrogens with zero attached hydrogens (tertiary/aromatic N) is 1. The van der Waals surface area contributed by atoms with E-state index in [9.17, 15) is 4.79 Å². The molecule has 1 amide bonds.